The van der Waals surface area contributed by atoms with Gasteiger partial charge >= 0.3 is 6.03 Å². The fraction of sp³-hybridized carbons (Fsp3) is 0.438. The summed E-state index contributed by atoms with van der Waals surface area (Å²) in [6.07, 6.45) is 5.13. The van der Waals surface area contributed by atoms with Gasteiger partial charge in [0.25, 0.3) is 0 Å². The van der Waals surface area contributed by atoms with E-state index in [0.29, 0.717) is 24.8 Å². The fourth-order valence-electron chi connectivity index (χ4n) is 2.44. The van der Waals surface area contributed by atoms with Crippen LogP contribution in [0.25, 0.3) is 0 Å². The molecule has 1 saturated heterocycles. The molecule has 2 N–H and O–H groups in total. The van der Waals surface area contributed by atoms with E-state index in [-0.39, 0.29) is 18.6 Å². The van der Waals surface area contributed by atoms with Crippen LogP contribution < -0.4 is 10.6 Å². The van der Waals surface area contributed by atoms with E-state index in [2.05, 4.69) is 21.5 Å². The van der Waals surface area contributed by atoms with Crippen molar-refractivity contribution < 1.29 is 9.53 Å². The molecule has 2 amide bonds. The molecule has 0 saturated carbocycles. The number of carbonyl (C=O) groups is 1. The van der Waals surface area contributed by atoms with Crippen molar-refractivity contribution in [1.29, 1.82) is 0 Å². The average Bonchev–Trinajstić information content (AvgIpc) is 2.54. The monoisotopic (exact) mass is 321 g/mol. The number of terminal acetylenes is 1. The quantitative estimate of drug-likeness (QED) is 0.811. The molecule has 2 rings (SSSR count). The highest BCUT2D eigenvalue weighted by molar-refractivity contribution is 6.30. The molecule has 1 heterocycles. The Bertz CT molecular complexity index is 538. The summed E-state index contributed by atoms with van der Waals surface area (Å²) in [6, 6.07) is 7.51. The lowest BCUT2D eigenvalue weighted by molar-refractivity contribution is 0.0167. The normalized spacial score (nSPS) is 16.5. The molecular weight excluding hydrogens is 302 g/mol. The first-order valence-electron chi connectivity index (χ1n) is 7.23. The van der Waals surface area contributed by atoms with Crippen molar-refractivity contribution >= 4 is 17.6 Å². The van der Waals surface area contributed by atoms with Crippen LogP contribution in [0.4, 0.5) is 4.79 Å². The van der Waals surface area contributed by atoms with E-state index in [0.717, 1.165) is 18.7 Å². The number of ether oxygens (including phenoxy) is 1. The van der Waals surface area contributed by atoms with E-state index in [1.54, 1.807) is 0 Å². The second-order valence-electron chi connectivity index (χ2n) is 4.99. The third-order valence-electron chi connectivity index (χ3n) is 3.53. The lowest BCUT2D eigenvalue weighted by atomic mass is 10.0. The van der Waals surface area contributed by atoms with Gasteiger partial charge in [-0.3, -0.25) is 4.90 Å². The molecule has 0 spiro atoms. The van der Waals surface area contributed by atoms with Gasteiger partial charge in [0.05, 0.1) is 25.8 Å². The van der Waals surface area contributed by atoms with Crippen LogP contribution in [0, 0.1) is 12.3 Å². The standard InChI is InChI=1S/C16H20ClN3O2/c1-2-6-18-16(21)19-12-15(20-7-9-22-10-8-20)13-4-3-5-14(17)11-13/h1,3-5,11,15H,6-10,12H2,(H2,18,19,21)/t15-/m1/s1. The minimum atomic E-state index is -0.266. The lowest BCUT2D eigenvalue weighted by Gasteiger charge is -2.35. The van der Waals surface area contributed by atoms with Crippen LogP contribution in [0.2, 0.25) is 5.02 Å². The number of nitrogens with one attached hydrogen (secondary N) is 2. The van der Waals surface area contributed by atoms with E-state index in [1.165, 1.54) is 0 Å². The van der Waals surface area contributed by atoms with Crippen molar-refractivity contribution in [1.82, 2.24) is 15.5 Å². The Balaban J connectivity index is 2.04. The molecule has 0 aliphatic carbocycles. The zero-order valence-corrected chi connectivity index (χ0v) is 13.1. The molecule has 1 fully saturated rings. The van der Waals surface area contributed by atoms with Crippen molar-refractivity contribution in [3.05, 3.63) is 34.9 Å². The molecule has 1 aliphatic rings. The van der Waals surface area contributed by atoms with Gasteiger partial charge in [0.1, 0.15) is 0 Å². The lowest BCUT2D eigenvalue weighted by Crippen LogP contribution is -2.45. The highest BCUT2D eigenvalue weighted by Crippen LogP contribution is 2.23. The zero-order valence-electron chi connectivity index (χ0n) is 12.3. The largest absolute Gasteiger partial charge is 0.379 e. The number of morpholine rings is 1. The minimum Gasteiger partial charge on any atom is -0.379 e. The van der Waals surface area contributed by atoms with Crippen LogP contribution in [0.15, 0.2) is 24.3 Å². The third kappa shape index (κ3) is 4.92. The molecule has 22 heavy (non-hydrogen) atoms. The second-order valence-corrected chi connectivity index (χ2v) is 5.42. The van der Waals surface area contributed by atoms with Crippen molar-refractivity contribution in [3.8, 4) is 12.3 Å². The Labute approximate surface area is 136 Å². The van der Waals surface area contributed by atoms with Crippen LogP contribution in [-0.2, 0) is 4.74 Å². The summed E-state index contributed by atoms with van der Waals surface area (Å²) in [4.78, 5) is 14.0. The Hall–Kier alpha value is -1.74. The number of rotatable bonds is 5. The van der Waals surface area contributed by atoms with Crippen molar-refractivity contribution in [2.45, 2.75) is 6.04 Å². The molecule has 0 radical (unpaired) electrons. The Morgan fingerprint density at radius 1 is 1.41 bits per heavy atom. The topological polar surface area (TPSA) is 53.6 Å². The van der Waals surface area contributed by atoms with E-state index < -0.39 is 0 Å². The van der Waals surface area contributed by atoms with Gasteiger partial charge in [0.15, 0.2) is 0 Å². The summed E-state index contributed by atoms with van der Waals surface area (Å²) in [6.45, 7) is 3.73. The molecule has 1 aliphatic heterocycles. The molecule has 0 unspecified atom stereocenters. The fourth-order valence-corrected chi connectivity index (χ4v) is 2.64. The van der Waals surface area contributed by atoms with Gasteiger partial charge in [0, 0.05) is 24.7 Å². The highest BCUT2D eigenvalue weighted by atomic mass is 35.5. The number of benzene rings is 1. The van der Waals surface area contributed by atoms with Crippen LogP contribution in [0.3, 0.4) is 0 Å². The summed E-state index contributed by atoms with van der Waals surface area (Å²) in [7, 11) is 0. The zero-order chi connectivity index (χ0) is 15.8. The van der Waals surface area contributed by atoms with Crippen LogP contribution in [0.1, 0.15) is 11.6 Å². The molecule has 1 atom stereocenters. The number of nitrogens with zero attached hydrogens (tertiary/aromatic N) is 1. The number of halogens is 1. The second kappa shape index (κ2) is 8.64. The number of hydrogen-bond acceptors (Lipinski definition) is 3. The summed E-state index contributed by atoms with van der Waals surface area (Å²) in [5.41, 5.74) is 1.08. The summed E-state index contributed by atoms with van der Waals surface area (Å²) in [5, 5.41) is 6.15. The molecule has 6 heteroatoms. The number of urea groups is 1. The SMILES string of the molecule is C#CCNC(=O)NC[C@H](c1cccc(Cl)c1)N1CCOCC1. The average molecular weight is 322 g/mol. The smallest absolute Gasteiger partial charge is 0.315 e. The molecule has 5 nitrogen and oxygen atoms in total. The Morgan fingerprint density at radius 2 is 2.18 bits per heavy atom. The number of amides is 2. The van der Waals surface area contributed by atoms with Gasteiger partial charge in [-0.05, 0) is 17.7 Å². The minimum absolute atomic E-state index is 0.0548. The predicted molar refractivity (Wildman–Crippen MR) is 86.8 cm³/mol. The van der Waals surface area contributed by atoms with Crippen molar-refractivity contribution in [2.75, 3.05) is 39.4 Å². The first-order valence-corrected chi connectivity index (χ1v) is 7.61. The van der Waals surface area contributed by atoms with Gasteiger partial charge in [-0.2, -0.15) is 0 Å². The van der Waals surface area contributed by atoms with Crippen LogP contribution in [0.5, 0.6) is 0 Å². The molecule has 118 valence electrons. The van der Waals surface area contributed by atoms with E-state index >= 15 is 0 Å². The van der Waals surface area contributed by atoms with Crippen LogP contribution >= 0.6 is 11.6 Å². The molecule has 1 aromatic rings. The third-order valence-corrected chi connectivity index (χ3v) is 3.76. The van der Waals surface area contributed by atoms with Crippen LogP contribution in [-0.4, -0.2) is 50.3 Å². The van der Waals surface area contributed by atoms with Gasteiger partial charge in [-0.25, -0.2) is 4.79 Å². The molecule has 0 aromatic heterocycles. The van der Waals surface area contributed by atoms with Gasteiger partial charge < -0.3 is 15.4 Å². The van der Waals surface area contributed by atoms with Gasteiger partial charge in [-0.15, -0.1) is 6.42 Å². The number of carbonyl (C=O) groups excluding carboxylic acids is 1. The highest BCUT2D eigenvalue weighted by Gasteiger charge is 2.23. The Kier molecular flexibility index (Phi) is 6.53. The Morgan fingerprint density at radius 3 is 2.86 bits per heavy atom. The molecule has 0 bridgehead atoms. The van der Waals surface area contributed by atoms with Gasteiger partial charge in [0.2, 0.25) is 0 Å². The molecular formula is C16H20ClN3O2. The predicted octanol–water partition coefficient (Wildman–Crippen LogP) is 1.65. The first-order chi connectivity index (χ1) is 10.7. The summed E-state index contributed by atoms with van der Waals surface area (Å²) >= 11 is 6.09. The van der Waals surface area contributed by atoms with Gasteiger partial charge in [-0.1, -0.05) is 29.7 Å². The van der Waals surface area contributed by atoms with Crippen molar-refractivity contribution in [2.24, 2.45) is 0 Å². The summed E-state index contributed by atoms with van der Waals surface area (Å²) in [5.74, 6) is 2.37. The maximum absolute atomic E-state index is 11.7. The van der Waals surface area contributed by atoms with E-state index in [9.17, 15) is 4.79 Å². The van der Waals surface area contributed by atoms with E-state index in [4.69, 9.17) is 22.8 Å². The maximum atomic E-state index is 11.7. The van der Waals surface area contributed by atoms with E-state index in [1.807, 2.05) is 24.3 Å². The maximum Gasteiger partial charge on any atom is 0.315 e. The first kappa shape index (κ1) is 16.6. The molecule has 1 aromatic carbocycles. The van der Waals surface area contributed by atoms with Crippen molar-refractivity contribution in [3.63, 3.8) is 0 Å². The number of hydrogen-bond donors (Lipinski definition) is 2. The summed E-state index contributed by atoms with van der Waals surface area (Å²) < 4.78 is 5.40.